The lowest BCUT2D eigenvalue weighted by molar-refractivity contribution is -0.440. The molecule has 0 unspecified atom stereocenters. The Hall–Kier alpha value is -3.56. The summed E-state index contributed by atoms with van der Waals surface area (Å²) in [5.41, 5.74) is -2.97. The van der Waals surface area contributed by atoms with E-state index >= 15 is 0 Å². The fourth-order valence-corrected chi connectivity index (χ4v) is 11.8. The molecule has 54 heteroatoms. The lowest BCUT2D eigenvalue weighted by Gasteiger charge is -2.40. The van der Waals surface area contributed by atoms with Crippen molar-refractivity contribution in [2.45, 2.75) is 181 Å². The molecule has 0 nitrogen and oxygen atoms in total. The first-order valence-corrected chi connectivity index (χ1v) is 26.5. The van der Waals surface area contributed by atoms with Gasteiger partial charge in [-0.15, -0.1) is 15.8 Å². The van der Waals surface area contributed by atoms with E-state index in [0.29, 0.717) is 0 Å². The summed E-state index contributed by atoms with van der Waals surface area (Å²) in [5.74, 6) is -168. The Bertz CT molecular complexity index is 2370. The van der Waals surface area contributed by atoms with Gasteiger partial charge in [0.1, 0.15) is 0 Å². The van der Waals surface area contributed by atoms with Crippen LogP contribution in [-0.4, -0.2) is 168 Å². The average molecular weight is 1550 g/mol. The Morgan fingerprint density at radius 3 is 0.468 bits per heavy atom. The van der Waals surface area contributed by atoms with Gasteiger partial charge in [-0.2, -0.15) is 228 Å². The second-order valence-electron chi connectivity index (χ2n) is 19.4. The zero-order valence-electron chi connectivity index (χ0n) is 42.9. The molecule has 0 aliphatic rings. The molecule has 0 amide bonds. The van der Waals surface area contributed by atoms with Crippen molar-refractivity contribution in [1.82, 2.24) is 0 Å². The Morgan fingerprint density at radius 2 is 0.330 bits per heavy atom. The van der Waals surface area contributed by atoms with Crippen LogP contribution in [0.5, 0.6) is 0 Å². The van der Waals surface area contributed by atoms with Crippen LogP contribution < -0.4 is 0 Å². The molecule has 0 aliphatic carbocycles. The molecule has 94 heavy (non-hydrogen) atoms. The maximum absolute atomic E-state index is 14.9. The van der Waals surface area contributed by atoms with E-state index in [2.05, 4.69) is 0 Å². The van der Waals surface area contributed by atoms with Gasteiger partial charge in [0, 0.05) is 25.7 Å². The summed E-state index contributed by atoms with van der Waals surface area (Å²) >= 11 is 0. The minimum atomic E-state index is -8.80. The first-order valence-electron chi connectivity index (χ1n) is 22.7. The van der Waals surface area contributed by atoms with Crippen LogP contribution in [0.1, 0.15) is 36.8 Å². The molecular weight excluding hydrogens is 1530 g/mol. The molecule has 0 aliphatic heterocycles. The topological polar surface area (TPSA) is 0 Å². The van der Waals surface area contributed by atoms with Gasteiger partial charge < -0.3 is 0 Å². The van der Waals surface area contributed by atoms with Crippen LogP contribution in [-0.2, 0) is 12.3 Å². The van der Waals surface area contributed by atoms with Crippen molar-refractivity contribution >= 4 is 15.8 Å². The third-order valence-electron chi connectivity index (χ3n) is 12.8. The van der Waals surface area contributed by atoms with Crippen molar-refractivity contribution < 1.29 is 228 Å². The number of rotatable bonds is 32. The summed E-state index contributed by atoms with van der Waals surface area (Å²) in [6.07, 6.45) is -63.4. The molecule has 0 heterocycles. The lowest BCUT2D eigenvalue weighted by atomic mass is 9.93. The Kier molecular flexibility index (Phi) is 23.8. The van der Waals surface area contributed by atoms with Gasteiger partial charge in [0.15, 0.2) is 0 Å². The van der Waals surface area contributed by atoms with E-state index in [4.69, 9.17) is 0 Å². The molecule has 0 N–H and O–H groups in total. The van der Waals surface area contributed by atoms with E-state index in [1.807, 2.05) is 0 Å². The first kappa shape index (κ1) is 88.5. The molecule has 0 radical (unpaired) electrons. The van der Waals surface area contributed by atoms with E-state index in [-0.39, 0.29) is 24.3 Å². The Morgan fingerprint density at radius 1 is 0.191 bits per heavy atom. The summed E-state index contributed by atoms with van der Waals surface area (Å²) in [5, 5.41) is 0. The molecule has 0 fully saturated rings. The maximum atomic E-state index is 14.9. The van der Waals surface area contributed by atoms with Crippen LogP contribution in [0.3, 0.4) is 0 Å². The predicted molar refractivity (Wildman–Crippen MR) is 209 cm³/mol. The van der Waals surface area contributed by atoms with Gasteiger partial charge in [-0.3, -0.25) is 0 Å². The Labute approximate surface area is 485 Å². The highest BCUT2D eigenvalue weighted by Crippen LogP contribution is 2.67. The molecule has 558 valence electrons. The van der Waals surface area contributed by atoms with Crippen LogP contribution in [0.25, 0.3) is 0 Å². The van der Waals surface area contributed by atoms with Crippen molar-refractivity contribution in [2.24, 2.45) is 0 Å². The van der Waals surface area contributed by atoms with Crippen molar-refractivity contribution in [1.29, 1.82) is 0 Å². The normalized spacial score (nSPS) is 16.5. The van der Waals surface area contributed by atoms with E-state index in [9.17, 15) is 228 Å². The summed E-state index contributed by atoms with van der Waals surface area (Å²) < 4.78 is 718. The van der Waals surface area contributed by atoms with Crippen molar-refractivity contribution in [3.8, 4) is 0 Å². The van der Waals surface area contributed by atoms with Gasteiger partial charge in [-0.05, 0) is 48.1 Å². The van der Waals surface area contributed by atoms with Crippen LogP contribution in [0.4, 0.5) is 228 Å². The molecule has 0 spiro atoms. The molecule has 0 bridgehead atoms. The second kappa shape index (κ2) is 25.3. The number of alkyl halides is 52. The number of halogens is 52. The summed E-state index contributed by atoms with van der Waals surface area (Å²) in [6.45, 7) is 0. The third-order valence-corrected chi connectivity index (χ3v) is 17.8. The molecule has 0 aromatic heterocycles. The quantitative estimate of drug-likeness (QED) is 0.0498. The van der Waals surface area contributed by atoms with Crippen molar-refractivity contribution in [3.63, 3.8) is 0 Å². The van der Waals surface area contributed by atoms with E-state index in [1.54, 1.807) is 0 Å². The average Bonchev–Trinajstić information content (AvgIpc) is 0.734. The zero-order valence-corrected chi connectivity index (χ0v) is 44.7. The zero-order chi connectivity index (χ0) is 76.2. The maximum Gasteiger partial charge on any atom is 0.460 e. The number of hydrogen-bond donors (Lipinski definition) is 0. The third kappa shape index (κ3) is 14.2. The van der Waals surface area contributed by atoms with E-state index < -0.39 is 233 Å². The summed E-state index contributed by atoms with van der Waals surface area (Å²) in [7, 11) is -8.73. The standard InChI is InChI=1S/C40H24F52P2/c41-17(42,21(49,50)25(57,58)29(65,66)33(73,74)37(81,82)83)4-8-93(9-5-18(43,44)22(51,52)26(59,60)30(67,68)34(75,76)38(84,85)86)13-15-2-1-3-16(12-15)14-94(10-6-19(45,46)23(53,54)27(61,62)31(69,70)35(77,78)39(87,88)89)11-7-20(47,48)24(55,56)28(63,64)32(71,72)36(79,80)40(90,91)92/h1-3,12H,4-11,13-14H2. The molecule has 0 atom stereocenters. The van der Waals surface area contributed by atoms with Crippen LogP contribution >= 0.6 is 15.8 Å². The van der Waals surface area contributed by atoms with Crippen molar-refractivity contribution in [2.75, 3.05) is 24.6 Å². The molecular formula is C40H24F52P2. The number of hydrogen-bond acceptors (Lipinski definition) is 0. The van der Waals surface area contributed by atoms with Gasteiger partial charge in [-0.1, -0.05) is 24.3 Å². The molecule has 0 saturated heterocycles. The highest BCUT2D eigenvalue weighted by Gasteiger charge is 2.95. The van der Waals surface area contributed by atoms with E-state index in [0.717, 1.165) is 0 Å². The molecule has 1 rings (SSSR count). The SMILES string of the molecule is FC(F)(F)C(F)(F)C(F)(F)C(F)(F)C(F)(F)C(F)(F)CCP(CCC(F)(F)C(F)(F)C(F)(F)C(F)(F)C(F)(F)C(F)(F)F)Cc1cccc(CP(CCC(F)(F)C(F)(F)C(F)(F)C(F)(F)C(F)(F)C(F)(F)F)CCC(F)(F)C(F)(F)C(F)(F)C(F)(F)C(F)(F)C(F)(F)F)c1. The van der Waals surface area contributed by atoms with E-state index in [1.165, 1.54) is 0 Å². The monoisotopic (exact) mass is 1550 g/mol. The smallest absolute Gasteiger partial charge is 0.200 e. The minimum absolute atomic E-state index is 0.0303. The molecule has 0 saturated carbocycles. The first-order chi connectivity index (χ1) is 40.3. The predicted octanol–water partition coefficient (Wildman–Crippen LogP) is 22.2. The second-order valence-corrected chi connectivity index (χ2v) is 24.5. The molecule has 1 aromatic carbocycles. The number of benzene rings is 1. The van der Waals surface area contributed by atoms with Gasteiger partial charge in [0.25, 0.3) is 0 Å². The van der Waals surface area contributed by atoms with Gasteiger partial charge >= 0.3 is 143 Å². The lowest BCUT2D eigenvalue weighted by Crippen LogP contribution is -2.70. The fraction of sp³-hybridized carbons (Fsp3) is 0.850. The van der Waals surface area contributed by atoms with Gasteiger partial charge in [0.05, 0.1) is 0 Å². The van der Waals surface area contributed by atoms with Crippen LogP contribution in [0.2, 0.25) is 0 Å². The van der Waals surface area contributed by atoms with Crippen LogP contribution in [0.15, 0.2) is 24.3 Å². The van der Waals surface area contributed by atoms with Gasteiger partial charge in [0.2, 0.25) is 0 Å². The highest BCUT2D eigenvalue weighted by molar-refractivity contribution is 7.57. The van der Waals surface area contributed by atoms with Gasteiger partial charge in [-0.25, -0.2) is 0 Å². The molecule has 1 aromatic rings. The van der Waals surface area contributed by atoms with Crippen LogP contribution in [0, 0.1) is 0 Å². The fourth-order valence-electron chi connectivity index (χ4n) is 6.91. The Balaban J connectivity index is 4.36. The summed E-state index contributed by atoms with van der Waals surface area (Å²) in [4.78, 5) is 0. The largest absolute Gasteiger partial charge is 0.460 e. The summed E-state index contributed by atoms with van der Waals surface area (Å²) in [6, 6.07) is -0.135. The minimum Gasteiger partial charge on any atom is -0.200 e. The highest BCUT2D eigenvalue weighted by atomic mass is 31.1. The van der Waals surface area contributed by atoms with Crippen molar-refractivity contribution in [3.05, 3.63) is 35.4 Å².